The van der Waals surface area contributed by atoms with Crippen molar-refractivity contribution in [1.82, 2.24) is 19.9 Å². The van der Waals surface area contributed by atoms with Gasteiger partial charge >= 0.3 is 0 Å². The van der Waals surface area contributed by atoms with Gasteiger partial charge in [0.05, 0.1) is 44.3 Å². The van der Waals surface area contributed by atoms with Crippen molar-refractivity contribution in [2.45, 2.75) is 88.7 Å². The predicted molar refractivity (Wildman–Crippen MR) is 157 cm³/mol. The Labute approximate surface area is 239 Å². The maximum atomic E-state index is 12.9. The number of nitrogens with zero attached hydrogens (tertiary/aromatic N) is 4. The van der Waals surface area contributed by atoms with E-state index in [1.807, 2.05) is 19.2 Å². The van der Waals surface area contributed by atoms with Gasteiger partial charge in [0.1, 0.15) is 22.4 Å². The fourth-order valence-electron chi connectivity index (χ4n) is 5.35. The lowest BCUT2D eigenvalue weighted by Gasteiger charge is -2.23. The van der Waals surface area contributed by atoms with Gasteiger partial charge in [-0.1, -0.05) is 0 Å². The average molecular weight is 587 g/mol. The summed E-state index contributed by atoms with van der Waals surface area (Å²) in [6.45, 7) is 7.70. The standard InChI is InChI=1S/C28H38N6O4S2/c1-14-20(26-33-22-19(39-26)9-10-29-21(22)16-7-8-16)25(34-27(31-14)30-12-15-5-6-15)32-18-11-17(23(35)24(18)36)13-40(37,38)28(2,3)4/h9-10,15-18,23-24,35-36H,5-8,11-13H2,1-4H3,(H2,30,31,32,34)/t17-,18-,23-,24+/m1/s1. The molecular weight excluding hydrogens is 548 g/mol. The van der Waals surface area contributed by atoms with Gasteiger partial charge in [0, 0.05) is 24.6 Å². The van der Waals surface area contributed by atoms with E-state index in [-0.39, 0.29) is 5.75 Å². The molecule has 3 aromatic heterocycles. The molecule has 3 heterocycles. The molecule has 3 aromatic rings. The van der Waals surface area contributed by atoms with Crippen molar-refractivity contribution in [2.24, 2.45) is 11.8 Å². The lowest BCUT2D eigenvalue weighted by molar-refractivity contribution is 0.0216. The number of pyridine rings is 1. The number of fused-ring (bicyclic) bond motifs is 1. The Morgan fingerprint density at radius 1 is 1.07 bits per heavy atom. The molecule has 0 saturated heterocycles. The van der Waals surface area contributed by atoms with Gasteiger partial charge < -0.3 is 20.8 Å². The monoisotopic (exact) mass is 586 g/mol. The predicted octanol–water partition coefficient (Wildman–Crippen LogP) is 3.89. The fraction of sp³-hybridized carbons (Fsp3) is 0.643. The molecule has 3 saturated carbocycles. The third-order valence-corrected chi connectivity index (χ3v) is 12.1. The summed E-state index contributed by atoms with van der Waals surface area (Å²) >= 11 is 1.56. The van der Waals surface area contributed by atoms with Crippen LogP contribution < -0.4 is 10.6 Å². The Morgan fingerprint density at radius 2 is 1.82 bits per heavy atom. The summed E-state index contributed by atoms with van der Waals surface area (Å²) < 4.78 is 25.9. The zero-order valence-electron chi connectivity index (χ0n) is 23.4. The number of nitrogens with one attached hydrogen (secondary N) is 2. The van der Waals surface area contributed by atoms with E-state index < -0.39 is 38.8 Å². The number of aliphatic hydroxyl groups is 2. The summed E-state index contributed by atoms with van der Waals surface area (Å²) in [5.41, 5.74) is 3.44. The minimum atomic E-state index is -3.48. The van der Waals surface area contributed by atoms with E-state index >= 15 is 0 Å². The van der Waals surface area contributed by atoms with Crippen molar-refractivity contribution in [2.75, 3.05) is 22.9 Å². The van der Waals surface area contributed by atoms with Gasteiger partial charge in [-0.05, 0) is 71.8 Å². The zero-order valence-corrected chi connectivity index (χ0v) is 25.0. The third kappa shape index (κ3) is 5.43. The van der Waals surface area contributed by atoms with E-state index in [4.69, 9.17) is 15.0 Å². The smallest absolute Gasteiger partial charge is 0.224 e. The van der Waals surface area contributed by atoms with Crippen molar-refractivity contribution in [3.05, 3.63) is 23.7 Å². The number of aromatic nitrogens is 4. The molecule has 40 heavy (non-hydrogen) atoms. The molecule has 4 N–H and O–H groups in total. The second kappa shape index (κ2) is 10.1. The highest BCUT2D eigenvalue weighted by Crippen LogP contribution is 2.45. The highest BCUT2D eigenvalue weighted by Gasteiger charge is 2.45. The van der Waals surface area contributed by atoms with Gasteiger partial charge in [-0.15, -0.1) is 11.3 Å². The molecule has 0 spiro atoms. The molecule has 0 aliphatic heterocycles. The minimum Gasteiger partial charge on any atom is -0.390 e. The topological polar surface area (TPSA) is 150 Å². The molecular formula is C28H38N6O4S2. The molecule has 3 fully saturated rings. The van der Waals surface area contributed by atoms with Crippen LogP contribution in [0.4, 0.5) is 11.8 Å². The lowest BCUT2D eigenvalue weighted by Crippen LogP contribution is -2.38. The van der Waals surface area contributed by atoms with Crippen LogP contribution in [0.1, 0.15) is 70.2 Å². The van der Waals surface area contributed by atoms with Crippen molar-refractivity contribution >= 4 is 43.2 Å². The van der Waals surface area contributed by atoms with Crippen LogP contribution in [0.5, 0.6) is 0 Å². The van der Waals surface area contributed by atoms with Crippen molar-refractivity contribution < 1.29 is 18.6 Å². The largest absolute Gasteiger partial charge is 0.390 e. The van der Waals surface area contributed by atoms with Crippen LogP contribution >= 0.6 is 11.3 Å². The number of sulfone groups is 1. The first-order valence-corrected chi connectivity index (χ1v) is 16.6. The van der Waals surface area contributed by atoms with E-state index in [1.165, 1.54) is 12.8 Å². The molecule has 0 aromatic carbocycles. The fourth-order valence-corrected chi connectivity index (χ4v) is 7.81. The first-order chi connectivity index (χ1) is 18.9. The summed E-state index contributed by atoms with van der Waals surface area (Å²) in [6.07, 6.45) is 4.47. The van der Waals surface area contributed by atoms with Crippen molar-refractivity contribution in [3.63, 3.8) is 0 Å². The average Bonchev–Trinajstić information content (AvgIpc) is 3.81. The summed E-state index contributed by atoms with van der Waals surface area (Å²) in [4.78, 5) is 19.2. The summed E-state index contributed by atoms with van der Waals surface area (Å²) in [5.74, 6) is 1.32. The molecule has 0 radical (unpaired) electrons. The molecule has 216 valence electrons. The highest BCUT2D eigenvalue weighted by molar-refractivity contribution is 7.92. The number of rotatable bonds is 9. The Morgan fingerprint density at radius 3 is 2.50 bits per heavy atom. The first kappa shape index (κ1) is 27.7. The molecule has 4 atom stereocenters. The second-order valence-corrected chi connectivity index (χ2v) is 16.5. The molecule has 0 amide bonds. The first-order valence-electron chi connectivity index (χ1n) is 14.1. The van der Waals surface area contributed by atoms with Gasteiger partial charge in [0.2, 0.25) is 5.95 Å². The SMILES string of the molecule is Cc1nc(NCC2CC2)nc(N[C@@H]2C[C@H](CS(=O)(=O)C(C)(C)C)[C@@H](O)[C@H]2O)c1-c1nc2c(C3CC3)nccc2s1. The van der Waals surface area contributed by atoms with E-state index in [0.717, 1.165) is 51.6 Å². The van der Waals surface area contributed by atoms with Crippen LogP contribution in [0, 0.1) is 18.8 Å². The van der Waals surface area contributed by atoms with Crippen LogP contribution in [0.2, 0.25) is 0 Å². The minimum absolute atomic E-state index is 0.189. The molecule has 6 rings (SSSR count). The van der Waals surface area contributed by atoms with Crippen LogP contribution in [-0.2, 0) is 9.84 Å². The normalized spacial score (nSPS) is 25.4. The molecule has 0 bridgehead atoms. The Hall–Kier alpha value is -2.41. The van der Waals surface area contributed by atoms with E-state index in [1.54, 1.807) is 32.1 Å². The number of hydrogen-bond donors (Lipinski definition) is 4. The maximum Gasteiger partial charge on any atom is 0.224 e. The van der Waals surface area contributed by atoms with Crippen molar-refractivity contribution in [1.29, 1.82) is 0 Å². The Bertz CT molecular complexity index is 1530. The maximum absolute atomic E-state index is 12.9. The molecule has 10 nitrogen and oxygen atoms in total. The van der Waals surface area contributed by atoms with Gasteiger partial charge in [-0.2, -0.15) is 4.98 Å². The molecule has 3 aliphatic carbocycles. The van der Waals surface area contributed by atoms with Crippen LogP contribution in [0.3, 0.4) is 0 Å². The number of hydrogen-bond acceptors (Lipinski definition) is 11. The highest BCUT2D eigenvalue weighted by atomic mass is 32.2. The lowest BCUT2D eigenvalue weighted by atomic mass is 10.1. The zero-order chi connectivity index (χ0) is 28.4. The Kier molecular flexibility index (Phi) is 7.04. The summed E-state index contributed by atoms with van der Waals surface area (Å²) in [7, 11) is -3.48. The number of aryl methyl sites for hydroxylation is 1. The van der Waals surface area contributed by atoms with Crippen molar-refractivity contribution in [3.8, 4) is 10.6 Å². The number of thiazole rings is 1. The number of aliphatic hydroxyl groups excluding tert-OH is 2. The second-order valence-electron chi connectivity index (χ2n) is 12.6. The van der Waals surface area contributed by atoms with E-state index in [9.17, 15) is 18.6 Å². The van der Waals surface area contributed by atoms with E-state index in [0.29, 0.717) is 30.0 Å². The third-order valence-electron chi connectivity index (χ3n) is 8.34. The van der Waals surface area contributed by atoms with Crippen LogP contribution in [0.25, 0.3) is 20.8 Å². The quantitative estimate of drug-likeness (QED) is 0.291. The molecule has 0 unspecified atom stereocenters. The summed E-state index contributed by atoms with van der Waals surface area (Å²) in [5, 5.41) is 29.3. The number of anilines is 2. The molecule has 12 heteroatoms. The summed E-state index contributed by atoms with van der Waals surface area (Å²) in [6, 6.07) is 1.40. The van der Waals surface area contributed by atoms with Gasteiger partial charge in [-0.3, -0.25) is 4.98 Å². The van der Waals surface area contributed by atoms with Gasteiger partial charge in [-0.25, -0.2) is 18.4 Å². The van der Waals surface area contributed by atoms with Gasteiger partial charge in [0.15, 0.2) is 9.84 Å². The van der Waals surface area contributed by atoms with Crippen LogP contribution in [-0.4, -0.2) is 73.9 Å². The van der Waals surface area contributed by atoms with Crippen LogP contribution in [0.15, 0.2) is 12.3 Å². The Balaban J connectivity index is 1.34. The van der Waals surface area contributed by atoms with Gasteiger partial charge in [0.25, 0.3) is 0 Å². The molecule has 3 aliphatic rings. The van der Waals surface area contributed by atoms with E-state index in [2.05, 4.69) is 15.6 Å².